The fourth-order valence-electron chi connectivity index (χ4n) is 5.61. The standard InChI is InChI=1S/C20H27ClN4O2/c21-16-2-1-3-17(9-16)24-25-18(26)4-5-22-19(27)23-20-10-13-6-14(11-20)8-15(7-13)12-20/h1-3,9,13-15,24H,4-8,10-12H2,(H,25,26)(H2,22,23,27). The number of benzene rings is 1. The molecule has 27 heavy (non-hydrogen) atoms. The zero-order valence-corrected chi connectivity index (χ0v) is 16.1. The Balaban J connectivity index is 1.17. The van der Waals surface area contributed by atoms with Gasteiger partial charge in [0.05, 0.1) is 5.69 Å². The van der Waals surface area contributed by atoms with Crippen LogP contribution in [0.4, 0.5) is 10.5 Å². The average molecular weight is 391 g/mol. The van der Waals surface area contributed by atoms with Gasteiger partial charge in [0, 0.05) is 23.5 Å². The van der Waals surface area contributed by atoms with Crippen LogP contribution in [0.25, 0.3) is 0 Å². The second kappa shape index (κ2) is 7.58. The molecule has 4 fully saturated rings. The Hall–Kier alpha value is -1.95. The van der Waals surface area contributed by atoms with Crippen LogP contribution in [0.15, 0.2) is 24.3 Å². The largest absolute Gasteiger partial charge is 0.338 e. The van der Waals surface area contributed by atoms with Crippen molar-refractivity contribution in [2.24, 2.45) is 17.8 Å². The maximum absolute atomic E-state index is 12.3. The first-order valence-electron chi connectivity index (χ1n) is 9.86. The Labute approximate surface area is 164 Å². The Morgan fingerprint density at radius 1 is 1.07 bits per heavy atom. The normalized spacial score (nSPS) is 30.6. The lowest BCUT2D eigenvalue weighted by Gasteiger charge is -2.56. The molecule has 0 radical (unpaired) electrons. The molecule has 0 heterocycles. The van der Waals surface area contributed by atoms with Crippen LogP contribution in [0.3, 0.4) is 0 Å². The molecule has 0 atom stereocenters. The van der Waals surface area contributed by atoms with E-state index in [0.29, 0.717) is 17.3 Å². The molecule has 4 aliphatic carbocycles. The van der Waals surface area contributed by atoms with E-state index in [1.165, 1.54) is 19.3 Å². The number of anilines is 1. The van der Waals surface area contributed by atoms with Gasteiger partial charge in [0.1, 0.15) is 0 Å². The molecule has 4 saturated carbocycles. The SMILES string of the molecule is O=C(CCNC(=O)NC12CC3CC(CC(C3)C1)C2)NNc1cccc(Cl)c1. The van der Waals surface area contributed by atoms with E-state index in [1.807, 2.05) is 6.07 Å². The van der Waals surface area contributed by atoms with Crippen molar-refractivity contribution in [1.82, 2.24) is 16.1 Å². The average Bonchev–Trinajstić information content (AvgIpc) is 2.58. The van der Waals surface area contributed by atoms with Crippen molar-refractivity contribution in [3.8, 4) is 0 Å². The van der Waals surface area contributed by atoms with Crippen LogP contribution in [-0.2, 0) is 4.79 Å². The summed E-state index contributed by atoms with van der Waals surface area (Å²) in [4.78, 5) is 24.3. The van der Waals surface area contributed by atoms with Crippen LogP contribution in [-0.4, -0.2) is 24.0 Å². The molecule has 0 aromatic heterocycles. The van der Waals surface area contributed by atoms with Crippen molar-refractivity contribution in [3.05, 3.63) is 29.3 Å². The molecule has 0 aliphatic heterocycles. The van der Waals surface area contributed by atoms with E-state index in [0.717, 1.165) is 37.0 Å². The summed E-state index contributed by atoms with van der Waals surface area (Å²) in [5.74, 6) is 2.18. The molecule has 0 saturated heterocycles. The lowest BCUT2D eigenvalue weighted by Crippen LogP contribution is -2.61. The molecule has 0 spiro atoms. The zero-order valence-electron chi connectivity index (χ0n) is 15.4. The summed E-state index contributed by atoms with van der Waals surface area (Å²) in [6.45, 7) is 0.307. The van der Waals surface area contributed by atoms with E-state index in [4.69, 9.17) is 11.6 Å². The van der Waals surface area contributed by atoms with Gasteiger partial charge < -0.3 is 10.6 Å². The molecular formula is C20H27ClN4O2. The third-order valence-electron chi connectivity index (χ3n) is 6.23. The molecule has 6 nitrogen and oxygen atoms in total. The highest BCUT2D eigenvalue weighted by Gasteiger charge is 2.51. The number of hydrazine groups is 1. The molecule has 3 amide bonds. The molecule has 1 aromatic rings. The molecule has 4 bridgehead atoms. The first kappa shape index (κ1) is 18.4. The second-order valence-corrected chi connectivity index (χ2v) is 8.95. The summed E-state index contributed by atoms with van der Waals surface area (Å²) in [7, 11) is 0. The molecule has 4 aliphatic rings. The Morgan fingerprint density at radius 3 is 2.37 bits per heavy atom. The fraction of sp³-hybridized carbons (Fsp3) is 0.600. The topological polar surface area (TPSA) is 82.3 Å². The van der Waals surface area contributed by atoms with Gasteiger partial charge in [-0.3, -0.25) is 15.6 Å². The number of hydrogen-bond acceptors (Lipinski definition) is 3. The predicted octanol–water partition coefficient (Wildman–Crippen LogP) is 3.44. The van der Waals surface area contributed by atoms with E-state index in [2.05, 4.69) is 21.5 Å². The van der Waals surface area contributed by atoms with Gasteiger partial charge in [-0.1, -0.05) is 17.7 Å². The monoisotopic (exact) mass is 390 g/mol. The third kappa shape index (κ3) is 4.49. The van der Waals surface area contributed by atoms with Gasteiger partial charge in [-0.25, -0.2) is 4.79 Å². The number of carbonyl (C=O) groups is 2. The van der Waals surface area contributed by atoms with E-state index in [-0.39, 0.29) is 23.9 Å². The van der Waals surface area contributed by atoms with Crippen LogP contribution < -0.4 is 21.5 Å². The highest BCUT2D eigenvalue weighted by molar-refractivity contribution is 6.30. The van der Waals surface area contributed by atoms with Crippen LogP contribution in [0.5, 0.6) is 0 Å². The first-order valence-corrected chi connectivity index (χ1v) is 10.2. The first-order chi connectivity index (χ1) is 13.0. The smallest absolute Gasteiger partial charge is 0.315 e. The lowest BCUT2D eigenvalue weighted by atomic mass is 9.53. The quantitative estimate of drug-likeness (QED) is 0.561. The van der Waals surface area contributed by atoms with Crippen molar-refractivity contribution >= 4 is 29.2 Å². The number of urea groups is 1. The van der Waals surface area contributed by atoms with Gasteiger partial charge in [-0.15, -0.1) is 0 Å². The summed E-state index contributed by atoms with van der Waals surface area (Å²) in [5.41, 5.74) is 6.13. The number of halogens is 1. The van der Waals surface area contributed by atoms with Crippen molar-refractivity contribution in [2.75, 3.05) is 12.0 Å². The minimum atomic E-state index is -0.190. The molecule has 146 valence electrons. The fourth-order valence-corrected chi connectivity index (χ4v) is 5.80. The highest BCUT2D eigenvalue weighted by Crippen LogP contribution is 2.55. The van der Waals surface area contributed by atoms with Crippen LogP contribution >= 0.6 is 11.6 Å². The van der Waals surface area contributed by atoms with Crippen LogP contribution in [0, 0.1) is 17.8 Å². The van der Waals surface area contributed by atoms with Gasteiger partial charge in [0.2, 0.25) is 5.91 Å². The molecule has 4 N–H and O–H groups in total. The summed E-state index contributed by atoms with van der Waals surface area (Å²) in [6.07, 6.45) is 7.62. The van der Waals surface area contributed by atoms with Gasteiger partial charge in [-0.2, -0.15) is 0 Å². The Morgan fingerprint density at radius 2 is 1.74 bits per heavy atom. The number of rotatable bonds is 6. The minimum absolute atomic E-state index is 0.00474. The summed E-state index contributed by atoms with van der Waals surface area (Å²) in [6, 6.07) is 6.95. The predicted molar refractivity (Wildman–Crippen MR) is 105 cm³/mol. The molecule has 1 aromatic carbocycles. The van der Waals surface area contributed by atoms with Crippen molar-refractivity contribution in [2.45, 2.75) is 50.5 Å². The van der Waals surface area contributed by atoms with Crippen LogP contribution in [0.1, 0.15) is 44.9 Å². The third-order valence-corrected chi connectivity index (χ3v) is 6.46. The van der Waals surface area contributed by atoms with Gasteiger partial charge in [-0.05, 0) is 74.5 Å². The van der Waals surface area contributed by atoms with E-state index in [1.54, 1.807) is 18.2 Å². The zero-order chi connectivity index (χ0) is 18.9. The van der Waals surface area contributed by atoms with E-state index >= 15 is 0 Å². The van der Waals surface area contributed by atoms with Crippen molar-refractivity contribution in [3.63, 3.8) is 0 Å². The second-order valence-electron chi connectivity index (χ2n) is 8.51. The summed E-state index contributed by atoms with van der Waals surface area (Å²) >= 11 is 5.90. The minimum Gasteiger partial charge on any atom is -0.338 e. The maximum atomic E-state index is 12.3. The maximum Gasteiger partial charge on any atom is 0.315 e. The van der Waals surface area contributed by atoms with Gasteiger partial charge in [0.25, 0.3) is 0 Å². The molecule has 7 heteroatoms. The number of nitrogens with one attached hydrogen (secondary N) is 4. The summed E-state index contributed by atoms with van der Waals surface area (Å²) in [5, 5.41) is 6.68. The number of hydrogen-bond donors (Lipinski definition) is 4. The van der Waals surface area contributed by atoms with Gasteiger partial charge in [0.15, 0.2) is 0 Å². The molecule has 5 rings (SSSR count). The molecular weight excluding hydrogens is 364 g/mol. The lowest BCUT2D eigenvalue weighted by molar-refractivity contribution is -0.120. The van der Waals surface area contributed by atoms with Crippen molar-refractivity contribution < 1.29 is 9.59 Å². The van der Waals surface area contributed by atoms with E-state index in [9.17, 15) is 9.59 Å². The van der Waals surface area contributed by atoms with Gasteiger partial charge >= 0.3 is 6.03 Å². The highest BCUT2D eigenvalue weighted by atomic mass is 35.5. The Bertz CT molecular complexity index is 688. The Kier molecular flexibility index (Phi) is 5.17. The van der Waals surface area contributed by atoms with Crippen molar-refractivity contribution in [1.29, 1.82) is 0 Å². The summed E-state index contributed by atoms with van der Waals surface area (Å²) < 4.78 is 0. The number of amides is 3. The molecule has 0 unspecified atom stereocenters. The van der Waals surface area contributed by atoms with Crippen LogP contribution in [0.2, 0.25) is 5.02 Å². The van der Waals surface area contributed by atoms with E-state index < -0.39 is 0 Å². The number of carbonyl (C=O) groups excluding carboxylic acids is 2.